The first-order valence-electron chi connectivity index (χ1n) is 34.3. The predicted molar refractivity (Wildman–Crippen MR) is 404 cm³/mol. The average Bonchev–Trinajstić information content (AvgIpc) is 0.815. The van der Waals surface area contributed by atoms with Gasteiger partial charge in [-0.1, -0.05) is 138 Å². The summed E-state index contributed by atoms with van der Waals surface area (Å²) in [5.74, 6) is -31.0. The van der Waals surface area contributed by atoms with Crippen molar-refractivity contribution in [3.63, 3.8) is 0 Å². The number of carboxylic acid groups (broad SMARTS) is 14. The molecule has 42 nitrogen and oxygen atoms in total. The lowest BCUT2D eigenvalue weighted by molar-refractivity contribution is -0.286. The number of hydrogen-bond acceptors (Lipinski definition) is 34. The zero-order valence-corrected chi connectivity index (χ0v) is 63.4. The number of carbonyl (C=O) groups is 14. The molecule has 0 heterocycles. The number of hydrogen-bond donors (Lipinski definition) is 16. The Hall–Kier alpha value is -19.6. The molecule has 0 aromatic heterocycles. The average molecular weight is 1760 g/mol. The SMILES string of the molecule is O=C(O)c1cc(-c2ccc(-c3ccc(O)c(C(=O)O)c3)cc2)ccc1O.O=C(O)c1cc(-c2ccc(O)c(C(=O)O)c2)ccc1O.O=C(O)c1cc(C(=O)O)c(O)cc1O.O=C(O)c1cc(O)c(C(=O)O)cc1O.O=C([O-])c1cc(-c2ccc(-c3ccc([O-])c(C(=O)[O-])c3)cc2)ccc1[O-].O=C([O-])c1cc(C(=O)[O-])c([O-])cc1[O-].O=C([O-])c1cc([O-])c(C(=O)[O-])cc1[O-]. The lowest BCUT2D eigenvalue weighted by atomic mass is 9.98. The molecule has 0 spiro atoms. The summed E-state index contributed by atoms with van der Waals surface area (Å²) in [6.07, 6.45) is 0. The van der Waals surface area contributed by atoms with Crippen LogP contribution in [0.15, 0.2) is 206 Å². The van der Waals surface area contributed by atoms with Gasteiger partial charge in [0, 0.05) is 6.07 Å². The second-order valence-corrected chi connectivity index (χ2v) is 25.1. The Kier molecular flexibility index (Phi) is 31.8. The van der Waals surface area contributed by atoms with Crippen LogP contribution in [0.2, 0.25) is 0 Å². The van der Waals surface area contributed by atoms with Gasteiger partial charge in [-0.2, -0.15) is 0 Å². The minimum absolute atomic E-state index is 0.184. The van der Waals surface area contributed by atoms with E-state index in [0.717, 1.165) is 23.3 Å². The van der Waals surface area contributed by atoms with Gasteiger partial charge in [-0.25, -0.2) is 38.4 Å². The molecule has 0 aliphatic carbocycles. The van der Waals surface area contributed by atoms with Gasteiger partial charge in [-0.3, -0.25) is 0 Å². The smallest absolute Gasteiger partial charge is 0.339 e. The summed E-state index contributed by atoms with van der Waals surface area (Å²) >= 11 is 0. The van der Waals surface area contributed by atoms with Crippen LogP contribution < -0.4 is 61.3 Å². The largest absolute Gasteiger partial charge is 0.872 e. The summed E-state index contributed by atoms with van der Waals surface area (Å²) in [6, 6.07) is 42.4. The molecule has 16 N–H and O–H groups in total. The van der Waals surface area contributed by atoms with Crippen molar-refractivity contribution >= 4 is 83.6 Å². The van der Waals surface area contributed by atoms with Crippen molar-refractivity contribution < 1.29 is 210 Å². The molecule has 658 valence electrons. The zero-order chi connectivity index (χ0) is 96.1. The van der Waals surface area contributed by atoms with Crippen LogP contribution in [0.4, 0.5) is 0 Å². The highest BCUT2D eigenvalue weighted by atomic mass is 16.4. The molecular weight excluding hydrogens is 1700 g/mol. The molecule has 0 radical (unpaired) electrons. The number of carbonyl (C=O) groups excluding carboxylic acids is 6. The minimum Gasteiger partial charge on any atom is -0.872 e. The Bertz CT molecular complexity index is 5760. The third-order valence-corrected chi connectivity index (χ3v) is 16.9. The van der Waals surface area contributed by atoms with Crippen molar-refractivity contribution in [2.24, 2.45) is 0 Å². The molecule has 0 bridgehead atoms. The predicted octanol–water partition coefficient (Wildman–Crippen LogP) is -0.00580. The second-order valence-electron chi connectivity index (χ2n) is 25.1. The van der Waals surface area contributed by atoms with Crippen LogP contribution in [0.25, 0.3) is 55.6 Å². The van der Waals surface area contributed by atoms with Gasteiger partial charge >= 0.3 is 47.8 Å². The second kappa shape index (κ2) is 41.9. The van der Waals surface area contributed by atoms with Gasteiger partial charge in [-0.05, 0) is 174 Å². The maximum atomic E-state index is 11.5. The first kappa shape index (κ1) is 97.3. The van der Waals surface area contributed by atoms with Crippen LogP contribution in [0, 0.1) is 0 Å². The molecule has 0 saturated heterocycles. The standard InChI is InChI=1S/2C20H14O6.C14H10O6.4C8H6O6/c2*21-17-7-5-13(9-15(17)19(23)24)11-1-2-12(4-3-11)14-6-8-18(22)16(10-14)20(25)26;15-11-3-1-7(5-9(11)13(17)18)8-2-4-12(16)10(6-8)14(19)20;2*9-5-1-3(7(11)12)6(10)2-4(5)8(13)14;2*9-5-2-6(10)4(8(13)14)1-3(5)7(11)12/h2*1-10,21-22H,(H,23,24)(H,25,26);1-6,15-16H,(H,17,18)(H,19,20);4*1-2,9-10H,(H,11,12)(H,13,14)/p-12. The molecule has 0 aliphatic rings. The van der Waals surface area contributed by atoms with Gasteiger partial charge < -0.3 is 172 Å². The van der Waals surface area contributed by atoms with Crippen molar-refractivity contribution in [3.05, 3.63) is 284 Å². The summed E-state index contributed by atoms with van der Waals surface area (Å²) in [6.45, 7) is 0. The minimum atomic E-state index is -1.84. The maximum Gasteiger partial charge on any atom is 0.339 e. The number of phenols is 8. The van der Waals surface area contributed by atoms with E-state index in [2.05, 4.69) is 0 Å². The summed E-state index contributed by atoms with van der Waals surface area (Å²) in [7, 11) is 0. The molecule has 0 saturated carbocycles. The van der Waals surface area contributed by atoms with E-state index >= 15 is 0 Å². The Morgan fingerprint density at radius 2 is 0.297 bits per heavy atom. The molecule has 0 aliphatic heterocycles. The van der Waals surface area contributed by atoms with E-state index in [1.807, 2.05) is 0 Å². The van der Waals surface area contributed by atoms with Gasteiger partial charge in [0.2, 0.25) is 0 Å². The first-order chi connectivity index (χ1) is 59.8. The van der Waals surface area contributed by atoms with Gasteiger partial charge in [0.15, 0.2) is 0 Å². The van der Waals surface area contributed by atoms with Crippen molar-refractivity contribution in [2.75, 3.05) is 0 Å². The fraction of sp³-hybridized carbons (Fsp3) is 0. The molecule has 42 heteroatoms. The monoisotopic (exact) mass is 1750 g/mol. The van der Waals surface area contributed by atoms with E-state index in [9.17, 15) is 149 Å². The number of rotatable bonds is 19. The summed E-state index contributed by atoms with van der Waals surface area (Å²) in [5.41, 5.74) is -1.51. The van der Waals surface area contributed by atoms with Crippen molar-refractivity contribution in [3.8, 4) is 136 Å². The van der Waals surface area contributed by atoms with Crippen molar-refractivity contribution in [1.82, 2.24) is 0 Å². The van der Waals surface area contributed by atoms with E-state index < -0.39 is 197 Å². The first-order valence-corrected chi connectivity index (χ1v) is 34.3. The molecule has 12 aromatic rings. The fourth-order valence-electron chi connectivity index (χ4n) is 10.6. The lowest BCUT2D eigenvalue weighted by Gasteiger charge is -2.22. The van der Waals surface area contributed by atoms with E-state index in [0.29, 0.717) is 93.0 Å². The maximum absolute atomic E-state index is 11.5. The van der Waals surface area contributed by atoms with E-state index in [1.54, 1.807) is 60.7 Å². The van der Waals surface area contributed by atoms with Crippen LogP contribution in [0.3, 0.4) is 0 Å². The van der Waals surface area contributed by atoms with Crippen LogP contribution in [0.1, 0.15) is 145 Å². The van der Waals surface area contributed by atoms with Crippen LogP contribution in [-0.2, 0) is 0 Å². The van der Waals surface area contributed by atoms with Crippen molar-refractivity contribution in [2.45, 2.75) is 0 Å². The number of aromatic carboxylic acids is 14. The third kappa shape index (κ3) is 24.8. The number of benzene rings is 12. The number of carboxylic acids is 14. The highest BCUT2D eigenvalue weighted by molar-refractivity contribution is 6.02. The quantitative estimate of drug-likeness (QED) is 0.0474. The molecule has 128 heavy (non-hydrogen) atoms. The van der Waals surface area contributed by atoms with E-state index in [1.165, 1.54) is 84.9 Å². The Morgan fingerprint density at radius 3 is 0.516 bits per heavy atom. The number of aromatic hydroxyl groups is 8. The van der Waals surface area contributed by atoms with Crippen molar-refractivity contribution in [1.29, 1.82) is 0 Å². The Morgan fingerprint density at radius 1 is 0.148 bits per heavy atom. The van der Waals surface area contributed by atoms with Crippen LogP contribution >= 0.6 is 0 Å². The van der Waals surface area contributed by atoms with Gasteiger partial charge in [0.05, 0.1) is 35.8 Å². The normalized spacial score (nSPS) is 10.1. The molecule has 0 amide bonds. The van der Waals surface area contributed by atoms with E-state index in [-0.39, 0.29) is 45.3 Å². The molecular formula is C86H50O42-12. The Balaban J connectivity index is 0.000000235. The zero-order valence-electron chi connectivity index (χ0n) is 63.4. The third-order valence-electron chi connectivity index (χ3n) is 16.9. The van der Waals surface area contributed by atoms with Crippen LogP contribution in [0.5, 0.6) is 80.5 Å². The van der Waals surface area contributed by atoms with Gasteiger partial charge in [0.25, 0.3) is 0 Å². The van der Waals surface area contributed by atoms with Gasteiger partial charge in [0.1, 0.15) is 90.5 Å². The molecule has 0 fully saturated rings. The summed E-state index contributed by atoms with van der Waals surface area (Å²) in [5, 5.41) is 274. The highest BCUT2D eigenvalue weighted by Gasteiger charge is 2.22. The lowest BCUT2D eigenvalue weighted by Crippen LogP contribution is -2.27. The molecule has 12 aromatic carbocycles. The fourth-order valence-corrected chi connectivity index (χ4v) is 10.6. The molecule has 0 unspecified atom stereocenters. The molecule has 12 rings (SSSR count). The van der Waals surface area contributed by atoms with Gasteiger partial charge in [-0.15, -0.1) is 11.5 Å². The summed E-state index contributed by atoms with van der Waals surface area (Å²) in [4.78, 5) is 149. The Labute approximate surface area is 711 Å². The topological polar surface area (TPSA) is 839 Å². The summed E-state index contributed by atoms with van der Waals surface area (Å²) < 4.78 is 0. The highest BCUT2D eigenvalue weighted by Crippen LogP contribution is 2.36. The van der Waals surface area contributed by atoms with Crippen LogP contribution in [-0.4, -0.2) is 165 Å². The van der Waals surface area contributed by atoms with E-state index in [4.69, 9.17) is 61.3 Å². The molecule has 0 atom stereocenters.